The van der Waals surface area contributed by atoms with Crippen molar-refractivity contribution >= 4 is 12.0 Å². The number of methoxy groups -OCH3 is 2. The predicted octanol–water partition coefficient (Wildman–Crippen LogP) is 4.68. The van der Waals surface area contributed by atoms with Gasteiger partial charge >= 0.3 is 5.69 Å². The molecule has 0 aliphatic rings. The minimum absolute atomic E-state index is 0.446. The van der Waals surface area contributed by atoms with Gasteiger partial charge in [0.05, 0.1) is 25.6 Å². The first-order valence-electron chi connectivity index (χ1n) is 10.0. The van der Waals surface area contributed by atoms with Gasteiger partial charge in [-0.2, -0.15) is 0 Å². The molecule has 3 aromatic carbocycles. The summed E-state index contributed by atoms with van der Waals surface area (Å²) in [6.07, 6.45) is 4.75. The van der Waals surface area contributed by atoms with Crippen LogP contribution in [0.1, 0.15) is 10.4 Å². The Morgan fingerprint density at radius 3 is 2.16 bits per heavy atom. The van der Waals surface area contributed by atoms with Crippen LogP contribution in [0.4, 0.5) is 0 Å². The van der Waals surface area contributed by atoms with Gasteiger partial charge in [-0.1, -0.05) is 48.5 Å². The summed E-state index contributed by atoms with van der Waals surface area (Å²) in [5.74, 6) is 0.616. The van der Waals surface area contributed by atoms with Crippen molar-refractivity contribution in [2.45, 2.75) is 0 Å². The number of aromatic nitrogens is 2. The fraction of sp³-hybridized carbons (Fsp3) is 0.0769. The highest BCUT2D eigenvalue weighted by Gasteiger charge is 2.19. The maximum absolute atomic E-state index is 13.3. The molecule has 0 amide bonds. The number of allylic oxidation sites excluding steroid dienone is 1. The van der Waals surface area contributed by atoms with E-state index in [0.29, 0.717) is 28.4 Å². The van der Waals surface area contributed by atoms with Crippen LogP contribution in [0.25, 0.3) is 23.0 Å². The van der Waals surface area contributed by atoms with Gasteiger partial charge in [-0.3, -0.25) is 9.36 Å². The average molecular weight is 426 g/mol. The standard InChI is InChI=1S/C26H22N2O4/c1-31-23-15-14-20(17-24(23)32-2)22-18-27(21-11-7-4-8-12-21)26(30)28(22)25(29)16-13-19-9-5-3-6-10-19/h3-18H,1-2H3/b16-13+. The molecule has 32 heavy (non-hydrogen) atoms. The molecule has 160 valence electrons. The molecule has 6 heteroatoms. The average Bonchev–Trinajstić information content (AvgIpc) is 3.20. The molecule has 0 aliphatic heterocycles. The van der Waals surface area contributed by atoms with Crippen molar-refractivity contribution in [3.8, 4) is 28.4 Å². The topological polar surface area (TPSA) is 62.5 Å². The van der Waals surface area contributed by atoms with Gasteiger partial charge in [-0.15, -0.1) is 0 Å². The third-order valence-corrected chi connectivity index (χ3v) is 5.04. The summed E-state index contributed by atoms with van der Waals surface area (Å²) in [5, 5.41) is 0. The van der Waals surface area contributed by atoms with E-state index in [2.05, 4.69) is 0 Å². The van der Waals surface area contributed by atoms with Crippen molar-refractivity contribution in [2.75, 3.05) is 14.2 Å². The zero-order valence-corrected chi connectivity index (χ0v) is 17.8. The zero-order chi connectivity index (χ0) is 22.5. The van der Waals surface area contributed by atoms with E-state index >= 15 is 0 Å². The molecule has 1 aromatic heterocycles. The number of nitrogens with zero attached hydrogens (tertiary/aromatic N) is 2. The summed E-state index contributed by atoms with van der Waals surface area (Å²) in [5.41, 5.74) is 2.17. The number of benzene rings is 3. The molecular formula is C26H22N2O4. The van der Waals surface area contributed by atoms with Gasteiger partial charge in [0, 0.05) is 17.8 Å². The monoisotopic (exact) mass is 426 g/mol. The first-order chi connectivity index (χ1) is 15.6. The quantitative estimate of drug-likeness (QED) is 0.420. The number of carbonyl (C=O) groups excluding carboxylic acids is 1. The minimum Gasteiger partial charge on any atom is -0.493 e. The Bertz CT molecular complexity index is 1320. The van der Waals surface area contributed by atoms with Gasteiger partial charge in [-0.05, 0) is 42.0 Å². The normalized spacial score (nSPS) is 10.9. The summed E-state index contributed by atoms with van der Waals surface area (Å²) in [6, 6.07) is 23.9. The zero-order valence-electron chi connectivity index (χ0n) is 17.8. The molecule has 0 radical (unpaired) electrons. The molecular weight excluding hydrogens is 404 g/mol. The van der Waals surface area contributed by atoms with Gasteiger partial charge in [0.15, 0.2) is 11.5 Å². The number of hydrogen-bond donors (Lipinski definition) is 0. The van der Waals surface area contributed by atoms with Crippen molar-refractivity contribution in [3.63, 3.8) is 0 Å². The molecule has 0 bridgehead atoms. The SMILES string of the molecule is COc1ccc(-c2cn(-c3ccccc3)c(=O)n2C(=O)/C=C/c2ccccc2)cc1OC. The van der Waals surface area contributed by atoms with Crippen LogP contribution in [-0.2, 0) is 0 Å². The molecule has 1 heterocycles. The molecule has 0 atom stereocenters. The van der Waals surface area contributed by atoms with Crippen LogP contribution in [0, 0.1) is 0 Å². The minimum atomic E-state index is -0.455. The van der Waals surface area contributed by atoms with E-state index in [4.69, 9.17) is 9.47 Å². The van der Waals surface area contributed by atoms with E-state index in [1.807, 2.05) is 60.7 Å². The van der Waals surface area contributed by atoms with Crippen LogP contribution < -0.4 is 15.2 Å². The fourth-order valence-corrected chi connectivity index (χ4v) is 3.44. The van der Waals surface area contributed by atoms with Crippen molar-refractivity contribution < 1.29 is 14.3 Å². The maximum Gasteiger partial charge on any atom is 0.340 e. The van der Waals surface area contributed by atoms with Gasteiger partial charge in [0.25, 0.3) is 5.91 Å². The third-order valence-electron chi connectivity index (χ3n) is 5.04. The first kappa shape index (κ1) is 20.9. The van der Waals surface area contributed by atoms with Crippen LogP contribution in [-0.4, -0.2) is 29.3 Å². The number of imidazole rings is 1. The van der Waals surface area contributed by atoms with E-state index in [1.165, 1.54) is 17.8 Å². The van der Waals surface area contributed by atoms with Crippen LogP contribution in [0.2, 0.25) is 0 Å². The molecule has 4 rings (SSSR count). The van der Waals surface area contributed by atoms with Crippen molar-refractivity contribution in [2.24, 2.45) is 0 Å². The number of rotatable bonds is 6. The summed E-state index contributed by atoms with van der Waals surface area (Å²) in [6.45, 7) is 0. The number of carbonyl (C=O) groups is 1. The van der Waals surface area contributed by atoms with Crippen LogP contribution in [0.5, 0.6) is 11.5 Å². The molecule has 0 unspecified atom stereocenters. The Labute approximate surface area is 185 Å². The highest BCUT2D eigenvalue weighted by molar-refractivity contribution is 5.96. The third kappa shape index (κ3) is 4.11. The lowest BCUT2D eigenvalue weighted by Gasteiger charge is -2.10. The molecule has 0 fully saturated rings. The Hall–Kier alpha value is -4.32. The predicted molar refractivity (Wildman–Crippen MR) is 125 cm³/mol. The largest absolute Gasteiger partial charge is 0.493 e. The molecule has 0 spiro atoms. The first-order valence-corrected chi connectivity index (χ1v) is 10.0. The molecule has 0 aliphatic carbocycles. The summed E-state index contributed by atoms with van der Waals surface area (Å²) in [7, 11) is 3.09. The number of ether oxygens (including phenoxy) is 2. The number of hydrogen-bond acceptors (Lipinski definition) is 4. The lowest BCUT2D eigenvalue weighted by Crippen LogP contribution is -2.27. The Kier molecular flexibility index (Phi) is 6.03. The Morgan fingerprint density at radius 1 is 0.844 bits per heavy atom. The number of para-hydroxylation sites is 1. The second-order valence-electron chi connectivity index (χ2n) is 6.99. The molecule has 0 N–H and O–H groups in total. The molecule has 0 saturated heterocycles. The Morgan fingerprint density at radius 2 is 1.50 bits per heavy atom. The second kappa shape index (κ2) is 9.22. The molecule has 0 saturated carbocycles. The molecule has 4 aromatic rings. The highest BCUT2D eigenvalue weighted by atomic mass is 16.5. The smallest absolute Gasteiger partial charge is 0.340 e. The fourth-order valence-electron chi connectivity index (χ4n) is 3.44. The molecule has 6 nitrogen and oxygen atoms in total. The summed E-state index contributed by atoms with van der Waals surface area (Å²) in [4.78, 5) is 26.5. The van der Waals surface area contributed by atoms with Crippen LogP contribution in [0.15, 0.2) is 95.9 Å². The van der Waals surface area contributed by atoms with Crippen molar-refractivity contribution in [3.05, 3.63) is 107 Å². The second-order valence-corrected chi connectivity index (χ2v) is 6.99. The van der Waals surface area contributed by atoms with E-state index in [-0.39, 0.29) is 0 Å². The lowest BCUT2D eigenvalue weighted by molar-refractivity contribution is 0.0967. The Balaban J connectivity index is 1.86. The van der Waals surface area contributed by atoms with E-state index in [9.17, 15) is 9.59 Å². The van der Waals surface area contributed by atoms with Crippen molar-refractivity contribution in [1.29, 1.82) is 0 Å². The summed E-state index contributed by atoms with van der Waals surface area (Å²) < 4.78 is 13.3. The van der Waals surface area contributed by atoms with Crippen LogP contribution >= 0.6 is 0 Å². The van der Waals surface area contributed by atoms with Gasteiger partial charge in [-0.25, -0.2) is 9.36 Å². The maximum atomic E-state index is 13.3. The van der Waals surface area contributed by atoms with Gasteiger partial charge in [0.1, 0.15) is 0 Å². The van der Waals surface area contributed by atoms with Crippen LogP contribution in [0.3, 0.4) is 0 Å². The van der Waals surface area contributed by atoms with Gasteiger partial charge < -0.3 is 9.47 Å². The highest BCUT2D eigenvalue weighted by Crippen LogP contribution is 2.32. The van der Waals surface area contributed by atoms with Gasteiger partial charge in [0.2, 0.25) is 0 Å². The lowest BCUT2D eigenvalue weighted by atomic mass is 10.1. The summed E-state index contributed by atoms with van der Waals surface area (Å²) >= 11 is 0. The van der Waals surface area contributed by atoms with E-state index in [1.54, 1.807) is 37.6 Å². The van der Waals surface area contributed by atoms with Crippen molar-refractivity contribution in [1.82, 2.24) is 9.13 Å². The van der Waals surface area contributed by atoms with E-state index < -0.39 is 11.6 Å². The van der Waals surface area contributed by atoms with E-state index in [0.717, 1.165) is 10.1 Å².